The molecule has 0 aromatic heterocycles. The number of carbonyl (C=O) groups excluding carboxylic acids is 4. The van der Waals surface area contributed by atoms with Gasteiger partial charge in [0, 0.05) is 89.7 Å². The van der Waals surface area contributed by atoms with Gasteiger partial charge >= 0.3 is 13.6 Å². The Balaban J connectivity index is 0.000000362. The first-order valence-electron chi connectivity index (χ1n) is 16.6. The monoisotopic (exact) mass is 727 g/mol. The van der Waals surface area contributed by atoms with Crippen molar-refractivity contribution in [3.63, 3.8) is 0 Å². The van der Waals surface area contributed by atoms with Crippen molar-refractivity contribution in [2.75, 3.05) is 71.3 Å². The Bertz CT molecular complexity index is 1190. The number of thioether (sulfide) groups is 1. The fourth-order valence-electron chi connectivity index (χ4n) is 5.38. The maximum absolute atomic E-state index is 14.6. The summed E-state index contributed by atoms with van der Waals surface area (Å²) in [5.41, 5.74) is -0.344. The van der Waals surface area contributed by atoms with Crippen LogP contribution in [0.15, 0.2) is 0 Å². The Morgan fingerprint density at radius 1 is 0.898 bits per heavy atom. The summed E-state index contributed by atoms with van der Waals surface area (Å²) < 4.78 is 42.5. The normalized spacial score (nSPS) is 27.7. The molecule has 0 bridgehead atoms. The van der Waals surface area contributed by atoms with E-state index in [0.717, 1.165) is 24.9 Å². The molecule has 5 unspecified atom stereocenters. The molecule has 1 N–H and O–H groups in total. The largest absolute Gasteiger partial charge is 0.380 e. The third kappa shape index (κ3) is 13.6. The number of nitrogens with one attached hydrogen (secondary N) is 1. The van der Waals surface area contributed by atoms with Gasteiger partial charge in [-0.3, -0.25) is 23.8 Å². The highest BCUT2D eigenvalue weighted by Gasteiger charge is 2.44. The number of morpholine rings is 2. The number of hydroxylamine groups is 2. The molecular weight excluding hydrogens is 675 g/mol. The van der Waals surface area contributed by atoms with Gasteiger partial charge in [-0.25, -0.2) is 14.1 Å². The minimum absolute atomic E-state index is 0.0425. The lowest BCUT2D eigenvalue weighted by molar-refractivity contribution is -0.195. The Kier molecular flexibility index (Phi) is 15.8. The van der Waals surface area contributed by atoms with Crippen molar-refractivity contribution in [1.82, 2.24) is 24.6 Å². The van der Waals surface area contributed by atoms with Crippen molar-refractivity contribution in [2.45, 2.75) is 96.7 Å². The van der Waals surface area contributed by atoms with Crippen LogP contribution in [0.5, 0.6) is 0 Å². The summed E-state index contributed by atoms with van der Waals surface area (Å²) in [4.78, 5) is 50.4. The Morgan fingerprint density at radius 3 is 2.02 bits per heavy atom. The first-order valence-corrected chi connectivity index (χ1v) is 19.2. The van der Waals surface area contributed by atoms with E-state index in [9.17, 15) is 23.7 Å². The number of imide groups is 1. The summed E-state index contributed by atoms with van der Waals surface area (Å²) >= 11 is 0.762. The van der Waals surface area contributed by atoms with E-state index in [2.05, 4.69) is 35.8 Å². The van der Waals surface area contributed by atoms with E-state index in [1.54, 1.807) is 0 Å². The average Bonchev–Trinajstić information content (AvgIpc) is 3.33. The minimum Gasteiger partial charge on any atom is -0.380 e. The highest BCUT2D eigenvalue weighted by molar-refractivity contribution is 8.14. The molecule has 15 nitrogen and oxygen atoms in total. The zero-order valence-corrected chi connectivity index (χ0v) is 31.6. The Hall–Kier alpha value is -1.33. The molecule has 0 aromatic carbocycles. The Morgan fingerprint density at radius 2 is 1.47 bits per heavy atom. The van der Waals surface area contributed by atoms with Crippen LogP contribution in [0.1, 0.15) is 61.3 Å². The number of nitrogens with zero attached hydrogens (tertiary/aromatic N) is 4. The zero-order valence-electron chi connectivity index (χ0n) is 29.9. The van der Waals surface area contributed by atoms with Gasteiger partial charge < -0.3 is 28.9 Å². The van der Waals surface area contributed by atoms with Crippen molar-refractivity contribution in [1.29, 1.82) is 0 Å². The second kappa shape index (κ2) is 18.4. The van der Waals surface area contributed by atoms with Crippen LogP contribution < -0.4 is 5.32 Å². The lowest BCUT2D eigenvalue weighted by Gasteiger charge is -2.47. The summed E-state index contributed by atoms with van der Waals surface area (Å²) in [6, 6.07) is -0.978. The predicted molar refractivity (Wildman–Crippen MR) is 186 cm³/mol. The molecular formula is C30H52B2N5O10PS. The molecule has 4 aliphatic rings. The molecule has 4 radical (unpaired) electrons. The van der Waals surface area contributed by atoms with Gasteiger partial charge in [0.1, 0.15) is 21.4 Å². The van der Waals surface area contributed by atoms with Gasteiger partial charge in [-0.05, 0) is 41.5 Å². The molecule has 0 aromatic rings. The number of rotatable bonds is 10. The van der Waals surface area contributed by atoms with Gasteiger partial charge in [0.15, 0.2) is 5.12 Å². The molecule has 4 fully saturated rings. The molecule has 4 rings (SSSR count). The molecule has 2 amide bonds. The molecule has 5 atom stereocenters. The highest BCUT2D eigenvalue weighted by Crippen LogP contribution is 2.55. The number of ether oxygens (including phenoxy) is 3. The second-order valence-corrected chi connectivity index (χ2v) is 17.8. The molecule has 49 heavy (non-hydrogen) atoms. The smallest absolute Gasteiger partial charge is 0.346 e. The van der Waals surface area contributed by atoms with Gasteiger partial charge in [-0.1, -0.05) is 11.8 Å². The Labute approximate surface area is 297 Å². The van der Waals surface area contributed by atoms with Crippen molar-refractivity contribution >= 4 is 58.0 Å². The van der Waals surface area contributed by atoms with E-state index in [4.69, 9.17) is 34.4 Å². The molecule has 0 saturated carbocycles. The fourth-order valence-corrected chi connectivity index (χ4v) is 8.26. The molecule has 4 aliphatic heterocycles. The van der Waals surface area contributed by atoms with Crippen LogP contribution in [0.2, 0.25) is 0 Å². The van der Waals surface area contributed by atoms with E-state index in [0.29, 0.717) is 50.9 Å². The summed E-state index contributed by atoms with van der Waals surface area (Å²) in [6.45, 7) is 19.2. The van der Waals surface area contributed by atoms with Crippen molar-refractivity contribution in [3.05, 3.63) is 0 Å². The van der Waals surface area contributed by atoms with Gasteiger partial charge in [0.2, 0.25) is 0 Å². The quantitative estimate of drug-likeness (QED) is 0.192. The van der Waals surface area contributed by atoms with Gasteiger partial charge in [-0.2, -0.15) is 0 Å². The molecule has 274 valence electrons. The standard InChI is InChI=1S/C22H43B2N4O5P.C8H9NO5S/c1-21(2,3)26-11-17(32-19(23)13-26)16-31-34(29,27-9-7-25-8-10-27)28-12-18(33-20(24)14-28)15-30-22(4,5)6;1-5(10)15-4-8(13)14-9-6(11)2-3-7(9)12/h17-20,25H,7-16H2,1-6H3;2-4H2,1H3. The molecule has 19 heteroatoms. The van der Waals surface area contributed by atoms with Crippen LogP contribution >= 0.6 is 19.4 Å². The third-order valence-corrected chi connectivity index (χ3v) is 11.3. The van der Waals surface area contributed by atoms with Crippen molar-refractivity contribution < 1.29 is 47.3 Å². The van der Waals surface area contributed by atoms with Crippen LogP contribution in [0, 0.1) is 0 Å². The molecule has 4 heterocycles. The number of piperazine rings is 1. The van der Waals surface area contributed by atoms with Gasteiger partial charge in [0.05, 0.1) is 31.0 Å². The van der Waals surface area contributed by atoms with Crippen LogP contribution in [0.4, 0.5) is 0 Å². The molecule has 0 spiro atoms. The van der Waals surface area contributed by atoms with Crippen LogP contribution in [0.25, 0.3) is 0 Å². The topological polar surface area (TPSA) is 156 Å². The second-order valence-electron chi connectivity index (χ2n) is 14.3. The van der Waals surface area contributed by atoms with Crippen molar-refractivity contribution in [3.8, 4) is 0 Å². The maximum Gasteiger partial charge on any atom is 0.346 e. The van der Waals surface area contributed by atoms with E-state index >= 15 is 0 Å². The number of amides is 2. The lowest BCUT2D eigenvalue weighted by Crippen LogP contribution is -2.56. The zero-order chi connectivity index (χ0) is 36.6. The van der Waals surface area contributed by atoms with E-state index in [1.807, 2.05) is 30.1 Å². The SMILES string of the molecule is CC(=O)SCC(=O)ON1C(=O)CCC1=O.[B]C1CN(C(C)(C)C)CC(COP(=O)(N2CCNCC2)N2CC([B])OC(COC(C)(C)C)C2)O1. The van der Waals surface area contributed by atoms with Crippen LogP contribution in [0.3, 0.4) is 0 Å². The maximum atomic E-state index is 14.6. The highest BCUT2D eigenvalue weighted by atomic mass is 32.2. The summed E-state index contributed by atoms with van der Waals surface area (Å²) in [5.74, 6) is -2.03. The first-order chi connectivity index (χ1) is 22.8. The lowest BCUT2D eigenvalue weighted by atomic mass is 9.94. The van der Waals surface area contributed by atoms with Gasteiger partial charge in [0.25, 0.3) is 11.8 Å². The summed E-state index contributed by atoms with van der Waals surface area (Å²) in [7, 11) is 9.02. The summed E-state index contributed by atoms with van der Waals surface area (Å²) in [5, 5.41) is 3.55. The van der Waals surface area contributed by atoms with Crippen LogP contribution in [-0.4, -0.2) is 165 Å². The van der Waals surface area contributed by atoms with E-state index < -0.39 is 37.5 Å². The summed E-state index contributed by atoms with van der Waals surface area (Å²) in [6.07, 6.45) is -0.440. The third-order valence-electron chi connectivity index (χ3n) is 7.84. The predicted octanol–water partition coefficient (Wildman–Crippen LogP) is 0.894. The molecule has 4 saturated heterocycles. The van der Waals surface area contributed by atoms with E-state index in [1.165, 1.54) is 6.92 Å². The number of carbonyl (C=O) groups is 4. The minimum atomic E-state index is -3.38. The number of hydrogen-bond donors (Lipinski definition) is 1. The van der Waals surface area contributed by atoms with Crippen LogP contribution in [-0.2, 0) is 47.3 Å². The fraction of sp³-hybridized carbons (Fsp3) is 0.867. The average molecular weight is 727 g/mol. The number of hydrogen-bond acceptors (Lipinski definition) is 13. The van der Waals surface area contributed by atoms with Gasteiger partial charge in [-0.15, -0.1) is 5.06 Å². The van der Waals surface area contributed by atoms with Crippen molar-refractivity contribution in [2.24, 2.45) is 0 Å². The van der Waals surface area contributed by atoms with E-state index in [-0.39, 0.29) is 53.7 Å². The molecule has 0 aliphatic carbocycles. The first kappa shape index (κ1) is 42.1.